The zero-order chi connectivity index (χ0) is 32.3. The van der Waals surface area contributed by atoms with Crippen LogP contribution in [0.2, 0.25) is 0 Å². The van der Waals surface area contributed by atoms with Crippen molar-refractivity contribution < 1.29 is 17.9 Å². The van der Waals surface area contributed by atoms with E-state index >= 15 is 8.78 Å². The minimum absolute atomic E-state index is 0.0534. The minimum Gasteiger partial charge on any atom is -0.490 e. The summed E-state index contributed by atoms with van der Waals surface area (Å²) in [7, 11) is 0. The summed E-state index contributed by atoms with van der Waals surface area (Å²) in [4.78, 5) is 0. The van der Waals surface area contributed by atoms with E-state index in [4.69, 9.17) is 4.74 Å². The van der Waals surface area contributed by atoms with Gasteiger partial charge in [-0.2, -0.15) is 4.39 Å². The van der Waals surface area contributed by atoms with Crippen molar-refractivity contribution in [1.29, 1.82) is 0 Å². The van der Waals surface area contributed by atoms with E-state index in [0.29, 0.717) is 23.7 Å². The SMILES string of the molecule is C/C=C/CCC1CCC(C2CCC(c3ccc(-c4ccc(-c5ccc(OCCCCCCC)c(F)c5F)cc4)c(F)c3)CC2)CC1. The molecule has 4 heteroatoms. The van der Waals surface area contributed by atoms with Gasteiger partial charge >= 0.3 is 0 Å². The molecule has 0 radical (unpaired) electrons. The van der Waals surface area contributed by atoms with Gasteiger partial charge in [0.1, 0.15) is 5.82 Å². The minimum atomic E-state index is -0.964. The highest BCUT2D eigenvalue weighted by molar-refractivity contribution is 5.71. The molecule has 2 aliphatic rings. The van der Waals surface area contributed by atoms with Crippen LogP contribution >= 0.6 is 0 Å². The van der Waals surface area contributed by atoms with Crippen molar-refractivity contribution in [2.45, 2.75) is 116 Å². The maximum Gasteiger partial charge on any atom is 0.201 e. The first-order valence-corrected chi connectivity index (χ1v) is 18.1. The highest BCUT2D eigenvalue weighted by Crippen LogP contribution is 2.45. The quantitative estimate of drug-likeness (QED) is 0.127. The van der Waals surface area contributed by atoms with Gasteiger partial charge in [-0.3, -0.25) is 0 Å². The lowest BCUT2D eigenvalue weighted by Gasteiger charge is -2.38. The molecule has 2 aliphatic carbocycles. The number of rotatable bonds is 14. The number of unbranched alkanes of at least 4 members (excludes halogenated alkanes) is 4. The second-order valence-electron chi connectivity index (χ2n) is 13.9. The summed E-state index contributed by atoms with van der Waals surface area (Å²) in [6.07, 6.45) is 22.7. The first-order chi connectivity index (χ1) is 22.5. The lowest BCUT2D eigenvalue weighted by molar-refractivity contribution is 0.157. The van der Waals surface area contributed by atoms with E-state index in [1.807, 2.05) is 6.07 Å². The van der Waals surface area contributed by atoms with Crippen LogP contribution in [0.4, 0.5) is 13.2 Å². The number of hydrogen-bond acceptors (Lipinski definition) is 1. The average molecular weight is 631 g/mol. The van der Waals surface area contributed by atoms with Crippen LogP contribution in [0.5, 0.6) is 5.75 Å². The van der Waals surface area contributed by atoms with Gasteiger partial charge in [0, 0.05) is 11.1 Å². The van der Waals surface area contributed by atoms with Crippen molar-refractivity contribution in [3.8, 4) is 28.0 Å². The van der Waals surface area contributed by atoms with Crippen molar-refractivity contribution in [2.75, 3.05) is 6.61 Å². The van der Waals surface area contributed by atoms with Gasteiger partial charge in [-0.1, -0.05) is 94.0 Å². The number of allylic oxidation sites excluding steroid dienone is 2. The Labute approximate surface area is 275 Å². The average Bonchev–Trinajstić information content (AvgIpc) is 3.09. The zero-order valence-electron chi connectivity index (χ0n) is 28.0. The van der Waals surface area contributed by atoms with Crippen LogP contribution in [0, 0.1) is 35.2 Å². The van der Waals surface area contributed by atoms with Crippen LogP contribution in [0.25, 0.3) is 22.3 Å². The van der Waals surface area contributed by atoms with E-state index in [0.717, 1.165) is 67.4 Å². The monoisotopic (exact) mass is 630 g/mol. The first kappa shape index (κ1) is 34.3. The van der Waals surface area contributed by atoms with Crippen LogP contribution in [0.3, 0.4) is 0 Å². The molecule has 0 bridgehead atoms. The van der Waals surface area contributed by atoms with E-state index in [2.05, 4.69) is 32.1 Å². The Balaban J connectivity index is 1.14. The molecule has 1 nitrogen and oxygen atoms in total. The maximum atomic E-state index is 15.5. The standard InChI is InChI=1S/C42H53F3O/c1-3-5-7-8-10-28-46-40-27-26-38(41(44)42(40)45)35-22-20-34(21-23-35)37-25-24-36(29-39(37)43)33-18-16-32(17-19-33)31-14-12-30(13-15-31)11-9-6-4-2/h4,6,20-27,29-33H,3,5,7-19,28H2,1-2H3/b6-4+. The molecule has 0 spiro atoms. The molecule has 46 heavy (non-hydrogen) atoms. The second-order valence-corrected chi connectivity index (χ2v) is 13.9. The maximum absolute atomic E-state index is 15.5. The third kappa shape index (κ3) is 8.87. The van der Waals surface area contributed by atoms with Gasteiger partial charge in [-0.25, -0.2) is 8.78 Å². The Kier molecular flexibility index (Phi) is 12.9. The Morgan fingerprint density at radius 3 is 1.98 bits per heavy atom. The fourth-order valence-electron chi connectivity index (χ4n) is 7.97. The van der Waals surface area contributed by atoms with Crippen molar-refractivity contribution in [3.63, 3.8) is 0 Å². The number of halogens is 3. The molecule has 2 fully saturated rings. The fourth-order valence-corrected chi connectivity index (χ4v) is 7.97. The first-order valence-electron chi connectivity index (χ1n) is 18.1. The predicted octanol–water partition coefficient (Wildman–Crippen LogP) is 13.2. The summed E-state index contributed by atoms with van der Waals surface area (Å²) in [6.45, 7) is 4.64. The molecule has 0 heterocycles. The van der Waals surface area contributed by atoms with Gasteiger partial charge in [0.2, 0.25) is 5.82 Å². The highest BCUT2D eigenvalue weighted by atomic mass is 19.2. The number of benzene rings is 3. The molecule has 0 unspecified atom stereocenters. The van der Waals surface area contributed by atoms with Crippen molar-refractivity contribution >= 4 is 0 Å². The molecule has 3 aromatic rings. The molecular weight excluding hydrogens is 577 g/mol. The number of hydrogen-bond donors (Lipinski definition) is 0. The van der Waals surface area contributed by atoms with Crippen molar-refractivity contribution in [2.24, 2.45) is 17.8 Å². The van der Waals surface area contributed by atoms with Gasteiger partial charge in [-0.05, 0) is 123 Å². The van der Waals surface area contributed by atoms with E-state index in [-0.39, 0.29) is 17.1 Å². The molecule has 2 saturated carbocycles. The normalized spacial score (nSPS) is 21.9. The van der Waals surface area contributed by atoms with Gasteiger partial charge in [-0.15, -0.1) is 0 Å². The summed E-state index contributed by atoms with van der Waals surface area (Å²) >= 11 is 0. The summed E-state index contributed by atoms with van der Waals surface area (Å²) in [5.41, 5.74) is 3.07. The Bertz CT molecular complexity index is 1400. The number of ether oxygens (including phenoxy) is 1. The summed E-state index contributed by atoms with van der Waals surface area (Å²) < 4.78 is 50.8. The van der Waals surface area contributed by atoms with Crippen LogP contribution in [0.15, 0.2) is 66.7 Å². The van der Waals surface area contributed by atoms with Crippen LogP contribution in [-0.2, 0) is 0 Å². The van der Waals surface area contributed by atoms with Crippen molar-refractivity contribution in [1.82, 2.24) is 0 Å². The van der Waals surface area contributed by atoms with E-state index in [9.17, 15) is 4.39 Å². The van der Waals surface area contributed by atoms with E-state index in [1.54, 1.807) is 36.4 Å². The lowest BCUT2D eigenvalue weighted by atomic mass is 9.68. The molecule has 0 aromatic heterocycles. The Morgan fingerprint density at radius 2 is 1.33 bits per heavy atom. The van der Waals surface area contributed by atoms with Crippen molar-refractivity contribution in [3.05, 3.63) is 89.8 Å². The molecule has 0 N–H and O–H groups in total. The third-order valence-electron chi connectivity index (χ3n) is 10.8. The summed E-state index contributed by atoms with van der Waals surface area (Å²) in [6, 6.07) is 15.8. The molecule has 5 rings (SSSR count). The van der Waals surface area contributed by atoms with Crippen LogP contribution < -0.4 is 4.74 Å². The highest BCUT2D eigenvalue weighted by Gasteiger charge is 2.31. The Morgan fingerprint density at radius 1 is 0.696 bits per heavy atom. The molecule has 0 atom stereocenters. The summed E-state index contributed by atoms with van der Waals surface area (Å²) in [5.74, 6) is 0.875. The summed E-state index contributed by atoms with van der Waals surface area (Å²) in [5, 5.41) is 0. The third-order valence-corrected chi connectivity index (χ3v) is 10.8. The fraction of sp³-hybridized carbons (Fsp3) is 0.524. The smallest absolute Gasteiger partial charge is 0.201 e. The Hall–Kier alpha value is -3.01. The predicted molar refractivity (Wildman–Crippen MR) is 186 cm³/mol. The molecule has 248 valence electrons. The van der Waals surface area contributed by atoms with E-state index in [1.165, 1.54) is 63.9 Å². The van der Waals surface area contributed by atoms with Gasteiger partial charge in [0.25, 0.3) is 0 Å². The van der Waals surface area contributed by atoms with Crippen LogP contribution in [0.1, 0.15) is 122 Å². The van der Waals surface area contributed by atoms with Gasteiger partial charge in [0.15, 0.2) is 11.6 Å². The second kappa shape index (κ2) is 17.2. The molecular formula is C42H53F3O. The lowest BCUT2D eigenvalue weighted by Crippen LogP contribution is -2.25. The van der Waals surface area contributed by atoms with Gasteiger partial charge < -0.3 is 4.74 Å². The van der Waals surface area contributed by atoms with Crippen LogP contribution in [-0.4, -0.2) is 6.61 Å². The van der Waals surface area contributed by atoms with E-state index < -0.39 is 11.6 Å². The molecule has 0 saturated heterocycles. The molecule has 3 aromatic carbocycles. The largest absolute Gasteiger partial charge is 0.490 e. The van der Waals surface area contributed by atoms with Gasteiger partial charge in [0.05, 0.1) is 6.61 Å². The zero-order valence-corrected chi connectivity index (χ0v) is 28.0. The molecule has 0 amide bonds. The molecule has 0 aliphatic heterocycles. The topological polar surface area (TPSA) is 9.23 Å².